The summed E-state index contributed by atoms with van der Waals surface area (Å²) in [7, 11) is 1.73. The second-order valence-corrected chi connectivity index (χ2v) is 3.50. The van der Waals surface area contributed by atoms with Gasteiger partial charge in [0.1, 0.15) is 12.0 Å². The van der Waals surface area contributed by atoms with Crippen molar-refractivity contribution in [3.63, 3.8) is 0 Å². The topological polar surface area (TPSA) is 90.0 Å². The maximum atomic E-state index is 11.6. The summed E-state index contributed by atoms with van der Waals surface area (Å²) in [6.07, 6.45) is 1.49. The van der Waals surface area contributed by atoms with Crippen molar-refractivity contribution in [3.8, 4) is 0 Å². The van der Waals surface area contributed by atoms with E-state index >= 15 is 0 Å². The van der Waals surface area contributed by atoms with Crippen LogP contribution in [0.15, 0.2) is 29.3 Å². The molecule has 0 aliphatic heterocycles. The molecule has 0 aliphatic rings. The SMILES string of the molecule is Cn1cnnc1Cn1c(C(=O)O)cccc1=O. The Morgan fingerprint density at radius 3 is 2.82 bits per heavy atom. The number of aromatic nitrogens is 4. The first-order valence-corrected chi connectivity index (χ1v) is 4.85. The zero-order chi connectivity index (χ0) is 12.4. The Kier molecular flexibility index (Phi) is 2.73. The van der Waals surface area contributed by atoms with Crippen LogP contribution in [-0.2, 0) is 13.6 Å². The van der Waals surface area contributed by atoms with Crippen molar-refractivity contribution in [1.29, 1.82) is 0 Å². The molecule has 0 atom stereocenters. The molecule has 88 valence electrons. The van der Waals surface area contributed by atoms with E-state index < -0.39 is 5.97 Å². The van der Waals surface area contributed by atoms with E-state index in [4.69, 9.17) is 5.11 Å². The zero-order valence-electron chi connectivity index (χ0n) is 9.07. The van der Waals surface area contributed by atoms with Crippen molar-refractivity contribution in [2.45, 2.75) is 6.54 Å². The first kappa shape index (κ1) is 11.1. The smallest absolute Gasteiger partial charge is 0.352 e. The lowest BCUT2D eigenvalue weighted by molar-refractivity contribution is 0.0684. The normalized spacial score (nSPS) is 10.4. The summed E-state index contributed by atoms with van der Waals surface area (Å²) < 4.78 is 2.78. The Labute approximate surface area is 96.0 Å². The molecule has 0 saturated carbocycles. The number of carboxylic acids is 1. The molecule has 17 heavy (non-hydrogen) atoms. The molecule has 0 spiro atoms. The fourth-order valence-electron chi connectivity index (χ4n) is 1.46. The van der Waals surface area contributed by atoms with E-state index in [1.807, 2.05) is 0 Å². The van der Waals surface area contributed by atoms with Gasteiger partial charge in [0.05, 0.1) is 6.54 Å². The number of hydrogen-bond donors (Lipinski definition) is 1. The van der Waals surface area contributed by atoms with Gasteiger partial charge < -0.3 is 9.67 Å². The van der Waals surface area contributed by atoms with Crippen LogP contribution in [0.3, 0.4) is 0 Å². The number of aryl methyl sites for hydroxylation is 1. The summed E-state index contributed by atoms with van der Waals surface area (Å²) in [6.45, 7) is 0.0812. The molecule has 0 amide bonds. The van der Waals surface area contributed by atoms with Gasteiger partial charge in [-0.15, -0.1) is 10.2 Å². The van der Waals surface area contributed by atoms with Crippen LogP contribution in [0.1, 0.15) is 16.3 Å². The van der Waals surface area contributed by atoms with Crippen LogP contribution in [0.5, 0.6) is 0 Å². The summed E-state index contributed by atoms with van der Waals surface area (Å²) in [5.41, 5.74) is -0.451. The number of aromatic carboxylic acids is 1. The lowest BCUT2D eigenvalue weighted by Crippen LogP contribution is -2.26. The highest BCUT2D eigenvalue weighted by Crippen LogP contribution is 2.01. The molecule has 0 radical (unpaired) electrons. The first-order chi connectivity index (χ1) is 8.09. The van der Waals surface area contributed by atoms with E-state index in [1.54, 1.807) is 11.6 Å². The summed E-state index contributed by atoms with van der Waals surface area (Å²) in [6, 6.07) is 4.10. The molecule has 0 unspecified atom stereocenters. The Morgan fingerprint density at radius 2 is 2.24 bits per heavy atom. The van der Waals surface area contributed by atoms with Crippen LogP contribution in [-0.4, -0.2) is 30.4 Å². The van der Waals surface area contributed by atoms with Gasteiger partial charge in [0.15, 0.2) is 5.82 Å². The number of carbonyl (C=O) groups is 1. The number of nitrogens with zero attached hydrogens (tertiary/aromatic N) is 4. The molecule has 0 bridgehead atoms. The largest absolute Gasteiger partial charge is 0.477 e. The molecule has 7 heteroatoms. The van der Waals surface area contributed by atoms with Crippen LogP contribution in [0, 0.1) is 0 Å². The lowest BCUT2D eigenvalue weighted by atomic mass is 10.3. The van der Waals surface area contributed by atoms with E-state index in [1.165, 1.54) is 24.5 Å². The van der Waals surface area contributed by atoms with Crippen molar-refractivity contribution in [2.75, 3.05) is 0 Å². The highest BCUT2D eigenvalue weighted by molar-refractivity contribution is 5.85. The van der Waals surface area contributed by atoms with Gasteiger partial charge in [0.2, 0.25) is 0 Å². The lowest BCUT2D eigenvalue weighted by Gasteiger charge is -2.08. The maximum Gasteiger partial charge on any atom is 0.352 e. The summed E-state index contributed by atoms with van der Waals surface area (Å²) in [5, 5.41) is 16.5. The quantitative estimate of drug-likeness (QED) is 0.789. The van der Waals surface area contributed by atoms with Crippen LogP contribution < -0.4 is 5.56 Å². The highest BCUT2D eigenvalue weighted by atomic mass is 16.4. The second-order valence-electron chi connectivity index (χ2n) is 3.50. The van der Waals surface area contributed by atoms with Crippen molar-refractivity contribution < 1.29 is 9.90 Å². The zero-order valence-corrected chi connectivity index (χ0v) is 9.07. The summed E-state index contributed by atoms with van der Waals surface area (Å²) >= 11 is 0. The predicted octanol–water partition coefficient (Wildman–Crippen LogP) is -0.277. The predicted molar refractivity (Wildman–Crippen MR) is 57.8 cm³/mol. The summed E-state index contributed by atoms with van der Waals surface area (Å²) in [4.78, 5) is 22.6. The van der Waals surface area contributed by atoms with Crippen molar-refractivity contribution >= 4 is 5.97 Å². The second kappa shape index (κ2) is 4.20. The highest BCUT2D eigenvalue weighted by Gasteiger charge is 2.12. The molecule has 0 aromatic carbocycles. The minimum absolute atomic E-state index is 0.0690. The fourth-order valence-corrected chi connectivity index (χ4v) is 1.46. The number of carboxylic acid groups (broad SMARTS) is 1. The average molecular weight is 234 g/mol. The average Bonchev–Trinajstić information content (AvgIpc) is 2.67. The molecule has 7 nitrogen and oxygen atoms in total. The van der Waals surface area contributed by atoms with E-state index in [0.717, 1.165) is 4.57 Å². The van der Waals surface area contributed by atoms with E-state index in [0.29, 0.717) is 5.82 Å². The van der Waals surface area contributed by atoms with Crippen LogP contribution in [0.25, 0.3) is 0 Å². The van der Waals surface area contributed by atoms with Gasteiger partial charge in [-0.25, -0.2) is 4.79 Å². The molecule has 0 saturated heterocycles. The molecule has 2 aromatic rings. The first-order valence-electron chi connectivity index (χ1n) is 4.85. The minimum Gasteiger partial charge on any atom is -0.477 e. The molecule has 0 fully saturated rings. The molecule has 2 heterocycles. The third kappa shape index (κ3) is 2.07. The Hall–Kier alpha value is -2.44. The van der Waals surface area contributed by atoms with Gasteiger partial charge in [-0.2, -0.15) is 0 Å². The molecular formula is C10H10N4O3. The molecule has 2 aromatic heterocycles. The van der Waals surface area contributed by atoms with Gasteiger partial charge in [0, 0.05) is 13.1 Å². The van der Waals surface area contributed by atoms with Gasteiger partial charge in [-0.3, -0.25) is 9.36 Å². The maximum absolute atomic E-state index is 11.6. The monoisotopic (exact) mass is 234 g/mol. The van der Waals surface area contributed by atoms with Gasteiger partial charge in [-0.1, -0.05) is 6.07 Å². The van der Waals surface area contributed by atoms with E-state index in [-0.39, 0.29) is 17.8 Å². The van der Waals surface area contributed by atoms with Crippen molar-refractivity contribution in [2.24, 2.45) is 7.05 Å². The standard InChI is InChI=1S/C10H10N4O3/c1-13-6-11-12-8(13)5-14-7(10(16)17)3-2-4-9(14)15/h2-4,6H,5H2,1H3,(H,16,17). The van der Waals surface area contributed by atoms with Crippen LogP contribution in [0.4, 0.5) is 0 Å². The number of hydrogen-bond acceptors (Lipinski definition) is 4. The number of pyridine rings is 1. The van der Waals surface area contributed by atoms with Crippen molar-refractivity contribution in [1.82, 2.24) is 19.3 Å². The molecule has 0 aliphatic carbocycles. The third-order valence-corrected chi connectivity index (χ3v) is 2.37. The Morgan fingerprint density at radius 1 is 1.47 bits per heavy atom. The van der Waals surface area contributed by atoms with Crippen LogP contribution >= 0.6 is 0 Å². The number of rotatable bonds is 3. The third-order valence-electron chi connectivity index (χ3n) is 2.37. The van der Waals surface area contributed by atoms with Crippen molar-refractivity contribution in [3.05, 3.63) is 46.4 Å². The Balaban J connectivity index is 2.49. The van der Waals surface area contributed by atoms with Gasteiger partial charge in [-0.05, 0) is 6.07 Å². The molecule has 1 N–H and O–H groups in total. The van der Waals surface area contributed by atoms with Gasteiger partial charge >= 0.3 is 5.97 Å². The summed E-state index contributed by atoms with van der Waals surface area (Å²) in [5.74, 6) is -0.634. The molecular weight excluding hydrogens is 224 g/mol. The van der Waals surface area contributed by atoms with Crippen LogP contribution in [0.2, 0.25) is 0 Å². The minimum atomic E-state index is -1.15. The molecule has 2 rings (SSSR count). The van der Waals surface area contributed by atoms with E-state index in [2.05, 4.69) is 10.2 Å². The van der Waals surface area contributed by atoms with E-state index in [9.17, 15) is 9.59 Å². The fraction of sp³-hybridized carbons (Fsp3) is 0.200. The van der Waals surface area contributed by atoms with Gasteiger partial charge in [0.25, 0.3) is 5.56 Å². The Bertz CT molecular complexity index is 614.